The van der Waals surface area contributed by atoms with E-state index >= 15 is 0 Å². The first kappa shape index (κ1) is 81.1. The molecule has 0 radical (unpaired) electrons. The number of aliphatic hydroxyl groups is 1. The normalized spacial score (nSPS) is 14.3. The van der Waals surface area contributed by atoms with Crippen LogP contribution in [0.2, 0.25) is 0 Å². The van der Waals surface area contributed by atoms with Gasteiger partial charge >= 0.3 is 39.5 Å². The van der Waals surface area contributed by atoms with Crippen LogP contribution in [-0.2, 0) is 65.4 Å². The molecule has 0 saturated carbocycles. The van der Waals surface area contributed by atoms with Crippen LogP contribution in [0.5, 0.6) is 0 Å². The van der Waals surface area contributed by atoms with Gasteiger partial charge in [-0.1, -0.05) is 266 Å². The number of unbranched alkanes of at least 4 members (excludes halogenated alkanes) is 33. The summed E-state index contributed by atoms with van der Waals surface area (Å²) in [6.45, 7) is 9.30. The van der Waals surface area contributed by atoms with Crippen molar-refractivity contribution < 1.29 is 80.2 Å². The number of carbonyl (C=O) groups is 4. The van der Waals surface area contributed by atoms with Crippen molar-refractivity contribution in [1.82, 2.24) is 0 Å². The number of ether oxygens (including phenoxy) is 4. The Labute approximate surface area is 505 Å². The van der Waals surface area contributed by atoms with E-state index in [4.69, 9.17) is 37.0 Å². The van der Waals surface area contributed by atoms with Gasteiger partial charge in [0.05, 0.1) is 26.4 Å². The van der Waals surface area contributed by atoms with Gasteiger partial charge in [-0.25, -0.2) is 9.13 Å². The van der Waals surface area contributed by atoms with Crippen molar-refractivity contribution in [2.45, 2.75) is 336 Å². The number of phosphoric ester groups is 2. The van der Waals surface area contributed by atoms with Crippen LogP contribution in [0.1, 0.15) is 318 Å². The highest BCUT2D eigenvalue weighted by Crippen LogP contribution is 2.45. The van der Waals surface area contributed by atoms with E-state index in [2.05, 4.69) is 41.5 Å². The minimum Gasteiger partial charge on any atom is -0.462 e. The maximum absolute atomic E-state index is 13.0. The van der Waals surface area contributed by atoms with Crippen molar-refractivity contribution in [2.24, 2.45) is 11.8 Å². The largest absolute Gasteiger partial charge is 0.472 e. The van der Waals surface area contributed by atoms with E-state index in [-0.39, 0.29) is 25.7 Å². The number of hydrogen-bond acceptors (Lipinski definition) is 15. The van der Waals surface area contributed by atoms with E-state index in [0.717, 1.165) is 103 Å². The summed E-state index contributed by atoms with van der Waals surface area (Å²) in [5, 5.41) is 10.5. The van der Waals surface area contributed by atoms with Crippen LogP contribution in [0.3, 0.4) is 0 Å². The number of carbonyl (C=O) groups excluding carboxylic acids is 4. The van der Waals surface area contributed by atoms with Gasteiger partial charge in [-0.2, -0.15) is 0 Å². The first-order chi connectivity index (χ1) is 39.9. The van der Waals surface area contributed by atoms with Crippen LogP contribution in [0, 0.1) is 11.8 Å². The van der Waals surface area contributed by atoms with Gasteiger partial charge in [0.2, 0.25) is 0 Å². The highest BCUT2D eigenvalue weighted by Gasteiger charge is 2.30. The van der Waals surface area contributed by atoms with E-state index in [1.54, 1.807) is 0 Å². The average molecular weight is 1230 g/mol. The van der Waals surface area contributed by atoms with Crippen molar-refractivity contribution in [3.8, 4) is 0 Å². The highest BCUT2D eigenvalue weighted by molar-refractivity contribution is 7.47. The fourth-order valence-corrected chi connectivity index (χ4v) is 11.1. The predicted octanol–water partition coefficient (Wildman–Crippen LogP) is 17.7. The molecule has 0 aromatic carbocycles. The number of phosphoric acid groups is 2. The molecule has 0 aromatic heterocycles. The van der Waals surface area contributed by atoms with E-state index in [0.29, 0.717) is 37.5 Å². The van der Waals surface area contributed by atoms with Gasteiger partial charge in [0.25, 0.3) is 0 Å². The van der Waals surface area contributed by atoms with Gasteiger partial charge < -0.3 is 33.8 Å². The summed E-state index contributed by atoms with van der Waals surface area (Å²) >= 11 is 0. The van der Waals surface area contributed by atoms with Gasteiger partial charge in [-0.05, 0) is 37.5 Å². The van der Waals surface area contributed by atoms with Gasteiger partial charge in [-0.3, -0.25) is 37.3 Å². The first-order valence-electron chi connectivity index (χ1n) is 33.5. The number of esters is 4. The van der Waals surface area contributed by atoms with Crippen LogP contribution < -0.4 is 0 Å². The van der Waals surface area contributed by atoms with Crippen LogP contribution in [0.15, 0.2) is 0 Å². The Bertz CT molecular complexity index is 1630. The van der Waals surface area contributed by atoms with Crippen LogP contribution >= 0.6 is 15.6 Å². The van der Waals surface area contributed by atoms with E-state index in [9.17, 15) is 43.2 Å². The third-order valence-electron chi connectivity index (χ3n) is 14.7. The van der Waals surface area contributed by atoms with Gasteiger partial charge in [0.15, 0.2) is 12.2 Å². The molecule has 0 rings (SSSR count). The molecule has 0 amide bonds. The summed E-state index contributed by atoms with van der Waals surface area (Å²) in [6.07, 6.45) is 39.4. The van der Waals surface area contributed by atoms with E-state index < -0.39 is 97.5 Å². The van der Waals surface area contributed by atoms with Crippen LogP contribution in [0.4, 0.5) is 0 Å². The summed E-state index contributed by atoms with van der Waals surface area (Å²) in [5.41, 5.74) is 0. The summed E-state index contributed by atoms with van der Waals surface area (Å²) in [6, 6.07) is 0. The molecule has 2 unspecified atom stereocenters. The van der Waals surface area contributed by atoms with E-state index in [1.807, 2.05) is 0 Å². The molecule has 0 aromatic rings. The molecule has 5 atom stereocenters. The Morgan fingerprint density at radius 1 is 0.325 bits per heavy atom. The van der Waals surface area contributed by atoms with Crippen molar-refractivity contribution in [1.29, 1.82) is 0 Å². The number of hydrogen-bond donors (Lipinski definition) is 3. The Kier molecular flexibility index (Phi) is 55.2. The zero-order chi connectivity index (χ0) is 61.5. The lowest BCUT2D eigenvalue weighted by Crippen LogP contribution is -2.30. The molecule has 19 heteroatoms. The quantitative estimate of drug-likeness (QED) is 0.0222. The fourth-order valence-electron chi connectivity index (χ4n) is 9.53. The zero-order valence-corrected chi connectivity index (χ0v) is 55.3. The Morgan fingerprint density at radius 3 is 0.819 bits per heavy atom. The maximum Gasteiger partial charge on any atom is 0.472 e. The Hall–Kier alpha value is -1.94. The maximum atomic E-state index is 13.0. The second-order valence-corrected chi connectivity index (χ2v) is 27.0. The lowest BCUT2D eigenvalue weighted by atomic mass is 10.0. The topological polar surface area (TPSA) is 237 Å². The SMILES string of the molecule is CCCCCCCCCCCCCCCCCCCC(=O)O[C@H](COC(=O)CCCCCCCCC(C)C)COP(=O)(O)OC[C@@H](O)COP(=O)(O)OC[C@@H](COC(=O)CCCCCCCCCC)OC(=O)CCCCCCCCC(C)C. The molecule has 0 bridgehead atoms. The lowest BCUT2D eigenvalue weighted by Gasteiger charge is -2.21. The van der Waals surface area contributed by atoms with Crippen molar-refractivity contribution in [3.63, 3.8) is 0 Å². The molecule has 17 nitrogen and oxygen atoms in total. The second kappa shape index (κ2) is 56.6. The number of rotatable bonds is 63. The Morgan fingerprint density at radius 2 is 0.554 bits per heavy atom. The molecule has 83 heavy (non-hydrogen) atoms. The zero-order valence-electron chi connectivity index (χ0n) is 53.5. The molecule has 0 spiro atoms. The van der Waals surface area contributed by atoms with Crippen LogP contribution in [-0.4, -0.2) is 96.7 Å². The third kappa shape index (κ3) is 58.8. The first-order valence-corrected chi connectivity index (χ1v) is 36.5. The predicted molar refractivity (Wildman–Crippen MR) is 331 cm³/mol. The van der Waals surface area contributed by atoms with Gasteiger partial charge in [0, 0.05) is 25.7 Å². The molecule has 3 N–H and O–H groups in total. The summed E-state index contributed by atoms with van der Waals surface area (Å²) in [4.78, 5) is 72.1. The minimum atomic E-state index is -4.94. The smallest absolute Gasteiger partial charge is 0.462 e. The molecule has 492 valence electrons. The van der Waals surface area contributed by atoms with Crippen molar-refractivity contribution in [3.05, 3.63) is 0 Å². The summed E-state index contributed by atoms with van der Waals surface area (Å²) in [7, 11) is -9.88. The monoisotopic (exact) mass is 1230 g/mol. The second-order valence-electron chi connectivity index (χ2n) is 24.1. The molecular weight excluding hydrogens is 1100 g/mol. The van der Waals surface area contributed by atoms with Crippen LogP contribution in [0.25, 0.3) is 0 Å². The highest BCUT2D eigenvalue weighted by atomic mass is 31.2. The van der Waals surface area contributed by atoms with Gasteiger partial charge in [-0.15, -0.1) is 0 Å². The molecule has 0 aliphatic rings. The molecular formula is C64H124O17P2. The Balaban J connectivity index is 5.17. The summed E-state index contributed by atoms with van der Waals surface area (Å²) in [5.74, 6) is -0.793. The third-order valence-corrected chi connectivity index (χ3v) is 16.6. The van der Waals surface area contributed by atoms with Crippen molar-refractivity contribution >= 4 is 39.5 Å². The van der Waals surface area contributed by atoms with E-state index in [1.165, 1.54) is 122 Å². The van der Waals surface area contributed by atoms with Crippen molar-refractivity contribution in [2.75, 3.05) is 39.6 Å². The molecule has 0 aliphatic carbocycles. The standard InChI is InChI=1S/C64H124O17P2/c1-7-9-11-13-15-17-18-19-20-21-22-23-24-25-27-36-42-48-63(68)80-59(53-75-62(67)47-41-35-30-28-32-38-44-56(3)4)54-78-82(70,71)76-50-58(65)51-77-83(72,73)79-55-60(52-74-61(66)46-40-34-26-16-14-12-10-8-2)81-64(69)49-43-37-31-29-33-39-45-57(5)6/h56-60,65H,7-55H2,1-6H3,(H,70,71)(H,72,73)/t58-,59-,60-/m1/s1. The lowest BCUT2D eigenvalue weighted by molar-refractivity contribution is -0.161. The molecule has 0 heterocycles. The number of aliphatic hydroxyl groups excluding tert-OH is 1. The minimum absolute atomic E-state index is 0.102. The summed E-state index contributed by atoms with van der Waals surface area (Å²) < 4.78 is 67.9. The average Bonchev–Trinajstić information content (AvgIpc) is 3.46. The molecule has 0 saturated heterocycles. The molecule has 0 fully saturated rings. The van der Waals surface area contributed by atoms with Gasteiger partial charge in [0.1, 0.15) is 19.3 Å². The fraction of sp³-hybridized carbons (Fsp3) is 0.938. The molecule has 0 aliphatic heterocycles.